The number of carbonyl (C=O) groups is 1. The van der Waals surface area contributed by atoms with Crippen molar-refractivity contribution in [1.29, 1.82) is 0 Å². The summed E-state index contributed by atoms with van der Waals surface area (Å²) in [6.45, 7) is 8.80. The summed E-state index contributed by atoms with van der Waals surface area (Å²) >= 11 is 0. The highest BCUT2D eigenvalue weighted by Crippen LogP contribution is 2.20. The molecule has 2 fully saturated rings. The van der Waals surface area contributed by atoms with E-state index in [0.717, 1.165) is 57.4 Å². The average molecular weight is 345 g/mol. The third-order valence-corrected chi connectivity index (χ3v) is 5.65. The van der Waals surface area contributed by atoms with Crippen molar-refractivity contribution in [2.75, 3.05) is 31.1 Å². The lowest BCUT2D eigenvalue weighted by Gasteiger charge is -2.38. The topological polar surface area (TPSA) is 61.6 Å². The quantitative estimate of drug-likeness (QED) is 0.879. The van der Waals surface area contributed by atoms with Crippen LogP contribution in [0.5, 0.6) is 0 Å². The lowest BCUT2D eigenvalue weighted by Crippen LogP contribution is -2.48. The second-order valence-corrected chi connectivity index (χ2v) is 7.75. The summed E-state index contributed by atoms with van der Waals surface area (Å²) in [6, 6.07) is 9.26. The highest BCUT2D eigenvalue weighted by Gasteiger charge is 2.21. The van der Waals surface area contributed by atoms with Crippen LogP contribution in [0.25, 0.3) is 0 Å². The average Bonchev–Trinajstić information content (AvgIpc) is 2.64. The lowest BCUT2D eigenvalue weighted by atomic mass is 9.91. The van der Waals surface area contributed by atoms with Gasteiger partial charge in [-0.15, -0.1) is 0 Å². The summed E-state index contributed by atoms with van der Waals surface area (Å²) in [5.74, 6) is 0.0386. The largest absolute Gasteiger partial charge is 0.369 e. The van der Waals surface area contributed by atoms with Gasteiger partial charge in [0.2, 0.25) is 0 Å². The van der Waals surface area contributed by atoms with Crippen LogP contribution >= 0.6 is 0 Å². The molecule has 25 heavy (non-hydrogen) atoms. The van der Waals surface area contributed by atoms with Crippen LogP contribution in [-0.4, -0.2) is 55.1 Å². The molecule has 1 saturated carbocycles. The number of nitrogens with two attached hydrogens (primary N) is 1. The minimum Gasteiger partial charge on any atom is -0.369 e. The number of piperazine rings is 1. The molecule has 1 saturated heterocycles. The molecule has 138 valence electrons. The molecule has 2 aliphatic rings. The molecule has 3 N–H and O–H groups in total. The van der Waals surface area contributed by atoms with Gasteiger partial charge < -0.3 is 16.0 Å². The van der Waals surface area contributed by atoms with E-state index in [2.05, 4.69) is 41.1 Å². The number of carbonyl (C=O) groups excluding carboxylic acids is 1. The van der Waals surface area contributed by atoms with Crippen LogP contribution in [0.2, 0.25) is 0 Å². The maximum absolute atomic E-state index is 12.4. The Bertz CT molecular complexity index is 556. The molecule has 0 aromatic heterocycles. The Kier molecular flexibility index (Phi) is 5.97. The van der Waals surface area contributed by atoms with Crippen molar-refractivity contribution < 1.29 is 4.79 Å². The number of anilines is 1. The van der Waals surface area contributed by atoms with Gasteiger partial charge in [-0.2, -0.15) is 0 Å². The number of nitrogens with one attached hydrogen (secondary N) is 1. The first kappa shape index (κ1) is 18.2. The van der Waals surface area contributed by atoms with Crippen molar-refractivity contribution in [3.05, 3.63) is 29.8 Å². The number of nitrogens with zero attached hydrogens (tertiary/aromatic N) is 2. The molecule has 1 aromatic carbocycles. The Labute approximate surface area is 151 Å². The van der Waals surface area contributed by atoms with Gasteiger partial charge in [-0.05, 0) is 63.8 Å². The lowest BCUT2D eigenvalue weighted by molar-refractivity contribution is 0.0926. The molecule has 3 rings (SSSR count). The van der Waals surface area contributed by atoms with Crippen LogP contribution in [0.15, 0.2) is 24.3 Å². The zero-order chi connectivity index (χ0) is 17.8. The number of hydrogen-bond acceptors (Lipinski definition) is 4. The first-order valence-electron chi connectivity index (χ1n) is 9.68. The van der Waals surface area contributed by atoms with E-state index >= 15 is 0 Å². The van der Waals surface area contributed by atoms with Crippen molar-refractivity contribution in [2.24, 2.45) is 5.73 Å². The van der Waals surface area contributed by atoms with Gasteiger partial charge in [0, 0.05) is 55.6 Å². The number of hydrogen-bond donors (Lipinski definition) is 2. The summed E-state index contributed by atoms with van der Waals surface area (Å²) < 4.78 is 0. The Morgan fingerprint density at radius 2 is 1.64 bits per heavy atom. The monoisotopic (exact) mass is 344 g/mol. The molecule has 0 bridgehead atoms. The molecule has 0 radical (unpaired) electrons. The van der Waals surface area contributed by atoms with Gasteiger partial charge >= 0.3 is 0 Å². The standard InChI is InChI=1S/C20H32N4O/c1-15(2)23-11-13-24(14-12-23)19-9-3-16(4-10-19)20(25)22-18-7-5-17(21)6-8-18/h3-4,9-10,15,17-18H,5-8,11-14,21H2,1-2H3,(H,22,25). The maximum Gasteiger partial charge on any atom is 0.251 e. The minimum atomic E-state index is 0.0386. The van der Waals surface area contributed by atoms with E-state index in [-0.39, 0.29) is 11.9 Å². The first-order chi connectivity index (χ1) is 12.0. The van der Waals surface area contributed by atoms with Crippen molar-refractivity contribution in [3.8, 4) is 0 Å². The molecule has 1 aromatic rings. The van der Waals surface area contributed by atoms with Crippen molar-refractivity contribution in [2.45, 2.75) is 57.7 Å². The summed E-state index contributed by atoms with van der Waals surface area (Å²) in [6.07, 6.45) is 3.99. The molecule has 0 atom stereocenters. The van der Waals surface area contributed by atoms with Crippen molar-refractivity contribution >= 4 is 11.6 Å². The van der Waals surface area contributed by atoms with E-state index in [1.165, 1.54) is 5.69 Å². The van der Waals surface area contributed by atoms with Gasteiger partial charge in [-0.1, -0.05) is 0 Å². The highest BCUT2D eigenvalue weighted by molar-refractivity contribution is 5.94. The molecule has 0 spiro atoms. The van der Waals surface area contributed by atoms with Crippen LogP contribution in [0.4, 0.5) is 5.69 Å². The molecular formula is C20H32N4O. The van der Waals surface area contributed by atoms with E-state index in [1.54, 1.807) is 0 Å². The van der Waals surface area contributed by atoms with Gasteiger partial charge in [-0.25, -0.2) is 0 Å². The molecule has 1 aliphatic carbocycles. The summed E-state index contributed by atoms with van der Waals surface area (Å²) in [5.41, 5.74) is 7.89. The van der Waals surface area contributed by atoms with Crippen LogP contribution < -0.4 is 16.0 Å². The zero-order valence-electron chi connectivity index (χ0n) is 15.6. The van der Waals surface area contributed by atoms with E-state index in [1.807, 2.05) is 12.1 Å². The smallest absolute Gasteiger partial charge is 0.251 e. The molecule has 5 nitrogen and oxygen atoms in total. The Hall–Kier alpha value is -1.59. The van der Waals surface area contributed by atoms with Gasteiger partial charge in [-0.3, -0.25) is 9.69 Å². The number of benzene rings is 1. The maximum atomic E-state index is 12.4. The first-order valence-corrected chi connectivity index (χ1v) is 9.68. The molecular weight excluding hydrogens is 312 g/mol. The third-order valence-electron chi connectivity index (χ3n) is 5.65. The fourth-order valence-electron chi connectivity index (χ4n) is 3.85. The summed E-state index contributed by atoms with van der Waals surface area (Å²) in [5, 5.41) is 3.16. The van der Waals surface area contributed by atoms with E-state index in [9.17, 15) is 4.79 Å². The fourth-order valence-corrected chi connectivity index (χ4v) is 3.85. The molecule has 1 amide bonds. The highest BCUT2D eigenvalue weighted by atomic mass is 16.1. The SMILES string of the molecule is CC(C)N1CCN(c2ccc(C(=O)NC3CCC(N)CC3)cc2)CC1. The summed E-state index contributed by atoms with van der Waals surface area (Å²) in [7, 11) is 0. The van der Waals surface area contributed by atoms with Crippen LogP contribution in [-0.2, 0) is 0 Å². The minimum absolute atomic E-state index is 0.0386. The van der Waals surface area contributed by atoms with Crippen LogP contribution in [0.3, 0.4) is 0 Å². The van der Waals surface area contributed by atoms with E-state index in [4.69, 9.17) is 5.73 Å². The predicted molar refractivity (Wildman–Crippen MR) is 103 cm³/mol. The molecule has 1 heterocycles. The van der Waals surface area contributed by atoms with E-state index < -0.39 is 0 Å². The molecule has 1 aliphatic heterocycles. The molecule has 5 heteroatoms. The number of rotatable bonds is 4. The van der Waals surface area contributed by atoms with Gasteiger partial charge in [0.25, 0.3) is 5.91 Å². The van der Waals surface area contributed by atoms with Crippen LogP contribution in [0, 0.1) is 0 Å². The zero-order valence-corrected chi connectivity index (χ0v) is 15.6. The third kappa shape index (κ3) is 4.73. The normalized spacial score (nSPS) is 25.2. The fraction of sp³-hybridized carbons (Fsp3) is 0.650. The van der Waals surface area contributed by atoms with Gasteiger partial charge in [0.05, 0.1) is 0 Å². The number of amides is 1. The predicted octanol–water partition coefficient (Wildman–Crippen LogP) is 2.22. The van der Waals surface area contributed by atoms with Gasteiger partial charge in [0.1, 0.15) is 0 Å². The Morgan fingerprint density at radius 1 is 1.04 bits per heavy atom. The Morgan fingerprint density at radius 3 is 2.20 bits per heavy atom. The van der Waals surface area contributed by atoms with Crippen molar-refractivity contribution in [1.82, 2.24) is 10.2 Å². The molecule has 0 unspecified atom stereocenters. The van der Waals surface area contributed by atoms with Crippen molar-refractivity contribution in [3.63, 3.8) is 0 Å². The second-order valence-electron chi connectivity index (χ2n) is 7.75. The van der Waals surface area contributed by atoms with Gasteiger partial charge in [0.15, 0.2) is 0 Å². The van der Waals surface area contributed by atoms with Crippen LogP contribution in [0.1, 0.15) is 49.9 Å². The Balaban J connectivity index is 1.52. The summed E-state index contributed by atoms with van der Waals surface area (Å²) in [4.78, 5) is 17.4. The second kappa shape index (κ2) is 8.19. The van der Waals surface area contributed by atoms with E-state index in [0.29, 0.717) is 12.1 Å².